The maximum Gasteiger partial charge on any atom is 0.416 e. The minimum Gasteiger partial charge on any atom is -0.476 e. The van der Waals surface area contributed by atoms with Crippen LogP contribution in [0.5, 0.6) is 5.88 Å². The largest absolute Gasteiger partial charge is 0.476 e. The Morgan fingerprint density at radius 3 is 2.65 bits per heavy atom. The van der Waals surface area contributed by atoms with Gasteiger partial charge in [-0.1, -0.05) is 12.1 Å². The molecule has 1 aromatic carbocycles. The molecule has 0 bridgehead atoms. The second kappa shape index (κ2) is 13.4. The highest BCUT2D eigenvalue weighted by atomic mass is 19.4. The number of aryl methyl sites for hydroxylation is 1. The topological polar surface area (TPSA) is 64.5 Å². The van der Waals surface area contributed by atoms with Crippen molar-refractivity contribution in [2.45, 2.75) is 45.2 Å². The van der Waals surface area contributed by atoms with Crippen molar-refractivity contribution in [2.75, 3.05) is 37.8 Å². The number of benzene rings is 1. The summed E-state index contributed by atoms with van der Waals surface area (Å²) in [7, 11) is 0. The van der Waals surface area contributed by atoms with E-state index in [1.165, 1.54) is 12.1 Å². The van der Waals surface area contributed by atoms with Crippen LogP contribution in [0.4, 0.5) is 18.9 Å². The molecule has 1 saturated heterocycles. The maximum atomic E-state index is 13.1. The van der Waals surface area contributed by atoms with Gasteiger partial charge in [-0.25, -0.2) is 4.98 Å². The third kappa shape index (κ3) is 7.60. The van der Waals surface area contributed by atoms with E-state index in [4.69, 9.17) is 15.9 Å². The summed E-state index contributed by atoms with van der Waals surface area (Å²) in [6.45, 7) is 5.00. The SMILES string of the molecule is C#CCCCCCOc1ncc(-c2cc(CC(=O)c3cccc(C(F)(F)F)c3)cnc2C)cc1N1CCOCC1. The average molecular weight is 552 g/mol. The van der Waals surface area contributed by atoms with Crippen molar-refractivity contribution in [1.29, 1.82) is 0 Å². The Kier molecular flexibility index (Phi) is 9.78. The number of Topliss-reactive ketones (excluding diaryl/α,β-unsaturated/α-hetero) is 1. The van der Waals surface area contributed by atoms with E-state index in [1.807, 2.05) is 19.1 Å². The number of terminal acetylenes is 1. The van der Waals surface area contributed by atoms with Gasteiger partial charge < -0.3 is 14.4 Å². The monoisotopic (exact) mass is 551 g/mol. The summed E-state index contributed by atoms with van der Waals surface area (Å²) in [5.74, 6) is 2.78. The first kappa shape index (κ1) is 29.1. The number of aromatic nitrogens is 2. The molecule has 6 nitrogen and oxygen atoms in total. The minimum atomic E-state index is -4.52. The number of anilines is 1. The Balaban J connectivity index is 1.56. The highest BCUT2D eigenvalue weighted by molar-refractivity contribution is 5.97. The van der Waals surface area contributed by atoms with Gasteiger partial charge in [0.15, 0.2) is 5.78 Å². The molecule has 3 aromatic rings. The van der Waals surface area contributed by atoms with Crippen LogP contribution in [0.1, 0.15) is 52.9 Å². The lowest BCUT2D eigenvalue weighted by atomic mass is 9.98. The van der Waals surface area contributed by atoms with E-state index in [9.17, 15) is 18.0 Å². The number of unbranched alkanes of at least 4 members (excludes halogenated alkanes) is 3. The van der Waals surface area contributed by atoms with Crippen molar-refractivity contribution >= 4 is 11.5 Å². The lowest BCUT2D eigenvalue weighted by Gasteiger charge is -2.30. The number of ketones is 1. The number of ether oxygens (including phenoxy) is 2. The van der Waals surface area contributed by atoms with Gasteiger partial charge in [-0.3, -0.25) is 9.78 Å². The average Bonchev–Trinajstić information content (AvgIpc) is 2.96. The Morgan fingerprint density at radius 1 is 1.10 bits per heavy atom. The van der Waals surface area contributed by atoms with Gasteiger partial charge in [0.2, 0.25) is 5.88 Å². The van der Waals surface area contributed by atoms with Crippen molar-refractivity contribution in [3.8, 4) is 29.4 Å². The van der Waals surface area contributed by atoms with E-state index in [-0.39, 0.29) is 12.0 Å². The molecule has 40 heavy (non-hydrogen) atoms. The first-order valence-electron chi connectivity index (χ1n) is 13.3. The lowest BCUT2D eigenvalue weighted by molar-refractivity contribution is -0.137. The van der Waals surface area contributed by atoms with E-state index in [0.29, 0.717) is 44.4 Å². The number of hydrogen-bond acceptors (Lipinski definition) is 6. The number of nitrogens with zero attached hydrogens (tertiary/aromatic N) is 3. The van der Waals surface area contributed by atoms with Crippen LogP contribution in [-0.2, 0) is 17.3 Å². The van der Waals surface area contributed by atoms with E-state index >= 15 is 0 Å². The van der Waals surface area contributed by atoms with E-state index in [2.05, 4.69) is 20.8 Å². The fraction of sp³-hybridized carbons (Fsp3) is 0.387. The maximum absolute atomic E-state index is 13.1. The molecule has 210 valence electrons. The third-order valence-corrected chi connectivity index (χ3v) is 6.72. The number of pyridine rings is 2. The Bertz CT molecular complexity index is 1360. The van der Waals surface area contributed by atoms with Crippen molar-refractivity contribution in [1.82, 2.24) is 9.97 Å². The third-order valence-electron chi connectivity index (χ3n) is 6.72. The van der Waals surface area contributed by atoms with Crippen molar-refractivity contribution < 1.29 is 27.4 Å². The first-order valence-corrected chi connectivity index (χ1v) is 13.3. The molecule has 0 amide bonds. The van der Waals surface area contributed by atoms with E-state index < -0.39 is 17.5 Å². The lowest BCUT2D eigenvalue weighted by Crippen LogP contribution is -2.36. The standard InChI is InChI=1S/C31H32F3N3O3/c1-3-4-5-6-7-13-40-30-28(37-11-14-39-15-12-37)19-25(21-36-30)27-16-23(20-35-22(27)2)17-29(38)24-9-8-10-26(18-24)31(32,33)34/h1,8-10,16,18-21H,4-7,11-15,17H2,2H3. The predicted molar refractivity (Wildman–Crippen MR) is 148 cm³/mol. The Labute approximate surface area is 232 Å². The molecular formula is C31H32F3N3O3. The second-order valence-electron chi connectivity index (χ2n) is 9.67. The van der Waals surface area contributed by atoms with Gasteiger partial charge in [-0.05, 0) is 56.0 Å². The van der Waals surface area contributed by atoms with Crippen molar-refractivity contribution in [2.24, 2.45) is 0 Å². The smallest absolute Gasteiger partial charge is 0.416 e. The van der Waals surface area contributed by atoms with Gasteiger partial charge in [0, 0.05) is 60.7 Å². The zero-order valence-corrected chi connectivity index (χ0v) is 22.5. The Hall–Kier alpha value is -3.90. The van der Waals surface area contributed by atoms with Crippen LogP contribution < -0.4 is 9.64 Å². The van der Waals surface area contributed by atoms with Crippen LogP contribution in [0.3, 0.4) is 0 Å². The molecule has 1 aliphatic rings. The number of carbonyl (C=O) groups excluding carboxylic acids is 1. The second-order valence-corrected chi connectivity index (χ2v) is 9.67. The zero-order valence-electron chi connectivity index (χ0n) is 22.5. The van der Waals surface area contributed by atoms with E-state index in [1.54, 1.807) is 12.4 Å². The highest BCUT2D eigenvalue weighted by Crippen LogP contribution is 2.34. The van der Waals surface area contributed by atoms with Crippen molar-refractivity contribution in [3.05, 3.63) is 71.2 Å². The summed E-state index contributed by atoms with van der Waals surface area (Å²) in [6, 6.07) is 8.33. The number of hydrogen-bond donors (Lipinski definition) is 0. The van der Waals surface area contributed by atoms with Crippen LogP contribution in [0.15, 0.2) is 48.8 Å². The molecule has 2 aromatic heterocycles. The molecule has 0 N–H and O–H groups in total. The van der Waals surface area contributed by atoms with Crippen molar-refractivity contribution in [3.63, 3.8) is 0 Å². The van der Waals surface area contributed by atoms with Crippen LogP contribution in [0.25, 0.3) is 11.1 Å². The molecule has 0 aliphatic carbocycles. The Morgan fingerprint density at radius 2 is 1.90 bits per heavy atom. The molecule has 0 saturated carbocycles. The number of morpholine rings is 1. The molecule has 3 heterocycles. The van der Waals surface area contributed by atoms with E-state index in [0.717, 1.165) is 60.3 Å². The molecule has 4 rings (SSSR count). The molecule has 1 aliphatic heterocycles. The number of alkyl halides is 3. The minimum absolute atomic E-state index is 0.00834. The normalized spacial score (nSPS) is 13.6. The summed E-state index contributed by atoms with van der Waals surface area (Å²) < 4.78 is 50.9. The van der Waals surface area contributed by atoms with Gasteiger partial charge in [0.05, 0.1) is 25.4 Å². The number of rotatable bonds is 11. The summed E-state index contributed by atoms with van der Waals surface area (Å²) in [6.07, 6.45) is 7.60. The van der Waals surface area contributed by atoms with Crippen LogP contribution in [-0.4, -0.2) is 48.7 Å². The molecule has 9 heteroatoms. The van der Waals surface area contributed by atoms with Crippen LogP contribution in [0.2, 0.25) is 0 Å². The molecular weight excluding hydrogens is 519 g/mol. The molecule has 0 unspecified atom stereocenters. The van der Waals surface area contributed by atoms with Crippen LogP contribution in [0, 0.1) is 19.3 Å². The highest BCUT2D eigenvalue weighted by Gasteiger charge is 2.31. The van der Waals surface area contributed by atoms with Crippen LogP contribution >= 0.6 is 0 Å². The molecule has 1 fully saturated rings. The van der Waals surface area contributed by atoms with Gasteiger partial charge >= 0.3 is 6.18 Å². The zero-order chi connectivity index (χ0) is 28.5. The summed E-state index contributed by atoms with van der Waals surface area (Å²) in [5, 5.41) is 0. The fourth-order valence-electron chi connectivity index (χ4n) is 4.53. The van der Waals surface area contributed by atoms with Gasteiger partial charge in [-0.15, -0.1) is 12.3 Å². The van der Waals surface area contributed by atoms with Gasteiger partial charge in [-0.2, -0.15) is 13.2 Å². The van der Waals surface area contributed by atoms with Gasteiger partial charge in [0.1, 0.15) is 5.69 Å². The van der Waals surface area contributed by atoms with Gasteiger partial charge in [0.25, 0.3) is 0 Å². The predicted octanol–water partition coefficient (Wildman–Crippen LogP) is 6.31. The number of carbonyl (C=O) groups is 1. The molecule has 0 spiro atoms. The fourth-order valence-corrected chi connectivity index (χ4v) is 4.53. The molecule has 0 radical (unpaired) electrons. The molecule has 0 atom stereocenters. The summed E-state index contributed by atoms with van der Waals surface area (Å²) in [4.78, 5) is 24.1. The quantitative estimate of drug-likeness (QED) is 0.158. The summed E-state index contributed by atoms with van der Waals surface area (Å²) >= 11 is 0. The first-order chi connectivity index (χ1) is 19.3. The number of halogens is 3. The summed E-state index contributed by atoms with van der Waals surface area (Å²) in [5.41, 5.74) is 2.95.